The summed E-state index contributed by atoms with van der Waals surface area (Å²) in [5, 5.41) is 0. The minimum atomic E-state index is 0.789. The topological polar surface area (TPSA) is 35.2 Å². The van der Waals surface area contributed by atoms with Crippen LogP contribution < -0.4 is 10.5 Å². The molecule has 0 aromatic heterocycles. The summed E-state index contributed by atoms with van der Waals surface area (Å²) in [7, 11) is 0. The zero-order valence-electron chi connectivity index (χ0n) is 8.84. The molecule has 0 saturated heterocycles. The van der Waals surface area contributed by atoms with Gasteiger partial charge in [-0.1, -0.05) is 6.07 Å². The predicted molar refractivity (Wildman–Crippen MR) is 58.5 cm³/mol. The first kappa shape index (κ1) is 9.38. The highest BCUT2D eigenvalue weighted by molar-refractivity contribution is 5.54. The summed E-state index contributed by atoms with van der Waals surface area (Å²) in [6, 6.07) is 4.02. The summed E-state index contributed by atoms with van der Waals surface area (Å²) in [6.07, 6.45) is 2.64. The van der Waals surface area contributed by atoms with Crippen molar-refractivity contribution in [3.63, 3.8) is 0 Å². The summed E-state index contributed by atoms with van der Waals surface area (Å²) in [6.45, 7) is 4.94. The Morgan fingerprint density at radius 3 is 2.64 bits per heavy atom. The van der Waals surface area contributed by atoms with E-state index in [9.17, 15) is 0 Å². The van der Waals surface area contributed by atoms with E-state index >= 15 is 0 Å². The van der Waals surface area contributed by atoms with Crippen molar-refractivity contribution in [3.05, 3.63) is 23.3 Å². The smallest absolute Gasteiger partial charge is 0.124 e. The fraction of sp³-hybridized carbons (Fsp3) is 0.500. The molecule has 0 amide bonds. The molecule has 0 bridgehead atoms. The van der Waals surface area contributed by atoms with Gasteiger partial charge in [0.15, 0.2) is 0 Å². The summed E-state index contributed by atoms with van der Waals surface area (Å²) in [4.78, 5) is 0. The molecule has 76 valence electrons. The second-order valence-electron chi connectivity index (χ2n) is 4.23. The van der Waals surface area contributed by atoms with Crippen molar-refractivity contribution in [1.29, 1.82) is 0 Å². The molecule has 1 fully saturated rings. The Morgan fingerprint density at radius 1 is 1.29 bits per heavy atom. The molecular weight excluding hydrogens is 174 g/mol. The van der Waals surface area contributed by atoms with Crippen LogP contribution >= 0.6 is 0 Å². The molecule has 14 heavy (non-hydrogen) atoms. The Labute approximate surface area is 85.1 Å². The van der Waals surface area contributed by atoms with E-state index in [-0.39, 0.29) is 0 Å². The van der Waals surface area contributed by atoms with Crippen LogP contribution in [0.15, 0.2) is 12.1 Å². The molecule has 1 aliphatic carbocycles. The van der Waals surface area contributed by atoms with Crippen molar-refractivity contribution in [3.8, 4) is 5.75 Å². The minimum Gasteiger partial charge on any atom is -0.493 e. The van der Waals surface area contributed by atoms with Gasteiger partial charge in [-0.05, 0) is 43.7 Å². The lowest BCUT2D eigenvalue weighted by Gasteiger charge is -2.10. The minimum absolute atomic E-state index is 0.789. The first-order valence-electron chi connectivity index (χ1n) is 5.16. The summed E-state index contributed by atoms with van der Waals surface area (Å²) < 4.78 is 5.72. The number of hydrogen-bond acceptors (Lipinski definition) is 2. The van der Waals surface area contributed by atoms with Gasteiger partial charge in [0.1, 0.15) is 5.75 Å². The van der Waals surface area contributed by atoms with E-state index in [1.54, 1.807) is 0 Å². The number of anilines is 1. The van der Waals surface area contributed by atoms with Gasteiger partial charge in [0, 0.05) is 11.8 Å². The zero-order chi connectivity index (χ0) is 10.1. The number of benzene rings is 1. The maximum Gasteiger partial charge on any atom is 0.124 e. The Hall–Kier alpha value is -1.18. The van der Waals surface area contributed by atoms with Crippen LogP contribution in [0.25, 0.3) is 0 Å². The fourth-order valence-corrected chi connectivity index (χ4v) is 1.50. The van der Waals surface area contributed by atoms with Crippen LogP contribution in [0.2, 0.25) is 0 Å². The summed E-state index contributed by atoms with van der Waals surface area (Å²) in [5.41, 5.74) is 8.96. The van der Waals surface area contributed by atoms with Crippen molar-refractivity contribution >= 4 is 5.69 Å². The van der Waals surface area contributed by atoms with Crippen LogP contribution in [-0.2, 0) is 0 Å². The molecular formula is C12H17NO. The average molecular weight is 191 g/mol. The van der Waals surface area contributed by atoms with Crippen LogP contribution in [0.4, 0.5) is 5.69 Å². The van der Waals surface area contributed by atoms with E-state index in [4.69, 9.17) is 10.5 Å². The average Bonchev–Trinajstić information content (AvgIpc) is 2.92. The Kier molecular flexibility index (Phi) is 2.36. The molecule has 2 N–H and O–H groups in total. The Bertz CT molecular complexity index is 342. The van der Waals surface area contributed by atoms with Gasteiger partial charge >= 0.3 is 0 Å². The van der Waals surface area contributed by atoms with Crippen LogP contribution in [0.1, 0.15) is 24.0 Å². The highest BCUT2D eigenvalue weighted by atomic mass is 16.5. The molecule has 1 aliphatic rings. The highest BCUT2D eigenvalue weighted by Gasteiger charge is 2.22. The molecule has 0 heterocycles. The van der Waals surface area contributed by atoms with E-state index in [1.165, 1.54) is 18.4 Å². The molecule has 0 atom stereocenters. The number of nitrogen functional groups attached to an aromatic ring is 1. The van der Waals surface area contributed by atoms with Gasteiger partial charge in [0.2, 0.25) is 0 Å². The third-order valence-corrected chi connectivity index (χ3v) is 2.74. The molecule has 1 saturated carbocycles. The number of hydrogen-bond donors (Lipinski definition) is 1. The van der Waals surface area contributed by atoms with Crippen molar-refractivity contribution in [2.75, 3.05) is 12.3 Å². The second kappa shape index (κ2) is 3.52. The van der Waals surface area contributed by atoms with Gasteiger partial charge in [0.25, 0.3) is 0 Å². The van der Waals surface area contributed by atoms with Crippen LogP contribution in [-0.4, -0.2) is 6.61 Å². The van der Waals surface area contributed by atoms with Gasteiger partial charge in [-0.25, -0.2) is 0 Å². The van der Waals surface area contributed by atoms with Crippen molar-refractivity contribution in [2.24, 2.45) is 5.92 Å². The number of nitrogens with two attached hydrogens (primary N) is 1. The van der Waals surface area contributed by atoms with Gasteiger partial charge in [0.05, 0.1) is 6.61 Å². The third kappa shape index (κ3) is 2.00. The molecule has 1 aromatic rings. The first-order valence-corrected chi connectivity index (χ1v) is 5.16. The van der Waals surface area contributed by atoms with Crippen LogP contribution in [0.5, 0.6) is 5.75 Å². The first-order chi connectivity index (χ1) is 6.66. The molecule has 0 unspecified atom stereocenters. The Balaban J connectivity index is 2.10. The van der Waals surface area contributed by atoms with Crippen molar-refractivity contribution < 1.29 is 4.74 Å². The lowest BCUT2D eigenvalue weighted by atomic mass is 10.1. The maximum atomic E-state index is 5.83. The van der Waals surface area contributed by atoms with Gasteiger partial charge in [-0.2, -0.15) is 0 Å². The molecule has 2 rings (SSSR count). The number of aryl methyl sites for hydroxylation is 2. The van der Waals surface area contributed by atoms with E-state index in [1.807, 2.05) is 13.0 Å². The van der Waals surface area contributed by atoms with Gasteiger partial charge in [-0.3, -0.25) is 0 Å². The van der Waals surface area contributed by atoms with Crippen LogP contribution in [0, 0.1) is 19.8 Å². The third-order valence-electron chi connectivity index (χ3n) is 2.74. The second-order valence-corrected chi connectivity index (χ2v) is 4.23. The molecule has 0 aliphatic heterocycles. The van der Waals surface area contributed by atoms with Gasteiger partial charge in [-0.15, -0.1) is 0 Å². The summed E-state index contributed by atoms with van der Waals surface area (Å²) in [5.74, 6) is 1.73. The molecule has 0 spiro atoms. The van der Waals surface area contributed by atoms with Gasteiger partial charge < -0.3 is 10.5 Å². The Morgan fingerprint density at radius 2 is 2.00 bits per heavy atom. The molecule has 0 radical (unpaired) electrons. The number of rotatable bonds is 3. The normalized spacial score (nSPS) is 15.6. The largest absolute Gasteiger partial charge is 0.493 e. The fourth-order valence-electron chi connectivity index (χ4n) is 1.50. The molecule has 2 heteroatoms. The van der Waals surface area contributed by atoms with Crippen molar-refractivity contribution in [1.82, 2.24) is 0 Å². The predicted octanol–water partition coefficient (Wildman–Crippen LogP) is 2.67. The zero-order valence-corrected chi connectivity index (χ0v) is 8.84. The molecule has 1 aromatic carbocycles. The monoisotopic (exact) mass is 191 g/mol. The lowest BCUT2D eigenvalue weighted by molar-refractivity contribution is 0.298. The van der Waals surface area contributed by atoms with E-state index < -0.39 is 0 Å². The van der Waals surface area contributed by atoms with Crippen LogP contribution in [0.3, 0.4) is 0 Å². The molecule has 2 nitrogen and oxygen atoms in total. The van der Waals surface area contributed by atoms with E-state index in [0.29, 0.717) is 0 Å². The van der Waals surface area contributed by atoms with E-state index in [0.717, 1.165) is 29.5 Å². The summed E-state index contributed by atoms with van der Waals surface area (Å²) >= 11 is 0. The highest BCUT2D eigenvalue weighted by Crippen LogP contribution is 2.31. The quantitative estimate of drug-likeness (QED) is 0.745. The lowest BCUT2D eigenvalue weighted by Crippen LogP contribution is -2.02. The standard InChI is InChI=1S/C12H17NO/c1-8-5-9(2)12(6-11(8)13)14-7-10-3-4-10/h5-6,10H,3-4,7,13H2,1-2H3. The van der Waals surface area contributed by atoms with Crippen molar-refractivity contribution in [2.45, 2.75) is 26.7 Å². The number of ether oxygens (including phenoxy) is 1. The maximum absolute atomic E-state index is 5.83. The SMILES string of the molecule is Cc1cc(C)c(OCC2CC2)cc1N. The van der Waals surface area contributed by atoms with E-state index in [2.05, 4.69) is 13.0 Å².